The van der Waals surface area contributed by atoms with Crippen LogP contribution in [0.5, 0.6) is 0 Å². The lowest BCUT2D eigenvalue weighted by molar-refractivity contribution is -0.384. The molecule has 1 fully saturated rings. The summed E-state index contributed by atoms with van der Waals surface area (Å²) in [7, 11) is 0. The molecule has 0 aliphatic heterocycles. The Hall–Kier alpha value is -1.76. The normalized spacial score (nSPS) is 28.0. The average Bonchev–Trinajstić information content (AvgIpc) is 3.18. The molecular weight excluding hydrogens is 296 g/mol. The highest BCUT2D eigenvalue weighted by atomic mass is 16.6. The number of nitro groups is 1. The number of aliphatic hydroxyl groups excluding tert-OH is 2. The molecule has 2 aliphatic carbocycles. The van der Waals surface area contributed by atoms with E-state index >= 15 is 0 Å². The van der Waals surface area contributed by atoms with E-state index in [0.717, 1.165) is 6.54 Å². The minimum absolute atomic E-state index is 0.0109. The minimum atomic E-state index is -0.894. The fraction of sp³-hybridized carbons (Fsp3) is 0.529. The Bertz CT molecular complexity index is 587. The number of non-ortho nitro benzene ring substituents is 1. The van der Waals surface area contributed by atoms with Crippen molar-refractivity contribution in [3.05, 3.63) is 52.1 Å². The molecule has 1 saturated carbocycles. The third-order valence-electron chi connectivity index (χ3n) is 5.08. The molecule has 2 bridgehead atoms. The molecule has 0 radical (unpaired) electrons. The van der Waals surface area contributed by atoms with E-state index in [-0.39, 0.29) is 12.3 Å². The zero-order chi connectivity index (χ0) is 16.4. The number of nitro benzene ring substituents is 1. The molecule has 3 N–H and O–H groups in total. The summed E-state index contributed by atoms with van der Waals surface area (Å²) in [5.74, 6) is 1.87. The topological polar surface area (TPSA) is 95.6 Å². The Labute approximate surface area is 135 Å². The fourth-order valence-corrected chi connectivity index (χ4v) is 3.73. The molecule has 0 saturated heterocycles. The lowest BCUT2D eigenvalue weighted by atomic mass is 9.93. The van der Waals surface area contributed by atoms with E-state index in [4.69, 9.17) is 0 Å². The zero-order valence-corrected chi connectivity index (χ0v) is 12.8. The van der Waals surface area contributed by atoms with Crippen molar-refractivity contribution < 1.29 is 15.1 Å². The number of nitrogens with one attached hydrogen (secondary N) is 1. The van der Waals surface area contributed by atoms with Crippen LogP contribution in [0.2, 0.25) is 0 Å². The van der Waals surface area contributed by atoms with Crippen molar-refractivity contribution in [2.75, 3.05) is 13.2 Å². The van der Waals surface area contributed by atoms with E-state index in [1.807, 2.05) is 0 Å². The van der Waals surface area contributed by atoms with Crippen LogP contribution in [-0.2, 0) is 0 Å². The Morgan fingerprint density at radius 3 is 2.52 bits per heavy atom. The van der Waals surface area contributed by atoms with Gasteiger partial charge in [-0.2, -0.15) is 0 Å². The van der Waals surface area contributed by atoms with Gasteiger partial charge in [-0.05, 0) is 54.8 Å². The van der Waals surface area contributed by atoms with Crippen LogP contribution in [-0.4, -0.2) is 34.3 Å². The number of fused-ring (bicyclic) bond motifs is 2. The van der Waals surface area contributed by atoms with Gasteiger partial charge >= 0.3 is 0 Å². The van der Waals surface area contributed by atoms with Crippen LogP contribution in [0, 0.1) is 27.9 Å². The first kappa shape index (κ1) is 16.1. The molecular formula is C17H22N2O4. The summed E-state index contributed by atoms with van der Waals surface area (Å²) in [6.45, 7) is 0.579. The van der Waals surface area contributed by atoms with E-state index in [9.17, 15) is 20.3 Å². The van der Waals surface area contributed by atoms with Gasteiger partial charge in [0.15, 0.2) is 0 Å². The highest BCUT2D eigenvalue weighted by Gasteiger charge is 2.35. The Kier molecular flexibility index (Phi) is 4.75. The molecule has 6 nitrogen and oxygen atoms in total. The summed E-state index contributed by atoms with van der Waals surface area (Å²) in [6, 6.07) is 5.34. The highest BCUT2D eigenvalue weighted by Crippen LogP contribution is 2.43. The van der Waals surface area contributed by atoms with Crippen molar-refractivity contribution in [3.63, 3.8) is 0 Å². The van der Waals surface area contributed by atoms with Crippen molar-refractivity contribution in [1.29, 1.82) is 0 Å². The van der Waals surface area contributed by atoms with Crippen LogP contribution in [0.3, 0.4) is 0 Å². The highest BCUT2D eigenvalue weighted by molar-refractivity contribution is 5.34. The van der Waals surface area contributed by atoms with Gasteiger partial charge in [0.05, 0.1) is 23.7 Å². The Morgan fingerprint density at radius 2 is 2.00 bits per heavy atom. The molecule has 5 unspecified atom stereocenters. The van der Waals surface area contributed by atoms with Crippen molar-refractivity contribution >= 4 is 5.69 Å². The van der Waals surface area contributed by atoms with Gasteiger partial charge in [-0.25, -0.2) is 0 Å². The van der Waals surface area contributed by atoms with Gasteiger partial charge in [-0.1, -0.05) is 12.2 Å². The number of hydrogen-bond donors (Lipinski definition) is 3. The molecule has 1 aromatic rings. The summed E-state index contributed by atoms with van der Waals surface area (Å²) in [5, 5.41) is 33.9. The van der Waals surface area contributed by atoms with Gasteiger partial charge in [0.25, 0.3) is 5.69 Å². The van der Waals surface area contributed by atoms with Crippen molar-refractivity contribution in [1.82, 2.24) is 5.32 Å². The molecule has 3 rings (SSSR count). The van der Waals surface area contributed by atoms with Crippen LogP contribution in [0.25, 0.3) is 0 Å². The number of aliphatic hydroxyl groups is 2. The molecule has 0 heterocycles. The second-order valence-electron chi connectivity index (χ2n) is 6.53. The smallest absolute Gasteiger partial charge is 0.269 e. The summed E-state index contributed by atoms with van der Waals surface area (Å²) in [4.78, 5) is 10.2. The SMILES string of the molecule is O=[N+]([O-])c1ccc(C(O)C(CO)NCC2CC3C=CC2C3)cc1. The van der Waals surface area contributed by atoms with Crippen LogP contribution < -0.4 is 5.32 Å². The van der Waals surface area contributed by atoms with E-state index in [2.05, 4.69) is 17.5 Å². The lowest BCUT2D eigenvalue weighted by Gasteiger charge is -2.26. The van der Waals surface area contributed by atoms with Crippen LogP contribution in [0.4, 0.5) is 5.69 Å². The van der Waals surface area contributed by atoms with E-state index in [1.165, 1.54) is 37.1 Å². The predicted octanol–water partition coefficient (Wildman–Crippen LogP) is 1.79. The molecule has 5 atom stereocenters. The monoisotopic (exact) mass is 318 g/mol. The molecule has 23 heavy (non-hydrogen) atoms. The van der Waals surface area contributed by atoms with Crippen molar-refractivity contribution in [2.24, 2.45) is 17.8 Å². The van der Waals surface area contributed by atoms with Gasteiger partial charge in [0.2, 0.25) is 0 Å². The van der Waals surface area contributed by atoms with E-state index in [0.29, 0.717) is 23.3 Å². The molecule has 0 aromatic heterocycles. The summed E-state index contributed by atoms with van der Waals surface area (Å²) >= 11 is 0. The quantitative estimate of drug-likeness (QED) is 0.405. The number of hydrogen-bond acceptors (Lipinski definition) is 5. The van der Waals surface area contributed by atoms with Crippen molar-refractivity contribution in [2.45, 2.75) is 25.0 Å². The third kappa shape index (κ3) is 3.44. The average molecular weight is 318 g/mol. The van der Waals surface area contributed by atoms with Gasteiger partial charge in [0, 0.05) is 12.1 Å². The van der Waals surface area contributed by atoms with Gasteiger partial charge in [0.1, 0.15) is 0 Å². The summed E-state index contributed by atoms with van der Waals surface area (Å²) in [6.07, 6.45) is 6.06. The predicted molar refractivity (Wildman–Crippen MR) is 85.8 cm³/mol. The number of benzene rings is 1. The van der Waals surface area contributed by atoms with Crippen LogP contribution >= 0.6 is 0 Å². The maximum absolute atomic E-state index is 10.7. The number of rotatable bonds is 7. The molecule has 0 amide bonds. The van der Waals surface area contributed by atoms with Gasteiger partial charge in [-0.15, -0.1) is 0 Å². The Balaban J connectivity index is 1.58. The molecule has 6 heteroatoms. The first-order chi connectivity index (χ1) is 11.1. The van der Waals surface area contributed by atoms with E-state index in [1.54, 1.807) is 0 Å². The second kappa shape index (κ2) is 6.78. The Morgan fingerprint density at radius 1 is 1.26 bits per heavy atom. The molecule has 0 spiro atoms. The van der Waals surface area contributed by atoms with Crippen LogP contribution in [0.15, 0.2) is 36.4 Å². The van der Waals surface area contributed by atoms with Crippen molar-refractivity contribution in [3.8, 4) is 0 Å². The standard InChI is InChI=1S/C17H22N2O4/c20-10-16(18-9-14-8-11-1-2-13(14)7-11)17(21)12-3-5-15(6-4-12)19(22)23/h1-6,11,13-14,16-18,20-21H,7-10H2. The maximum atomic E-state index is 10.7. The second-order valence-corrected chi connectivity index (χ2v) is 6.53. The van der Waals surface area contributed by atoms with Gasteiger partial charge in [-0.3, -0.25) is 10.1 Å². The third-order valence-corrected chi connectivity index (χ3v) is 5.08. The molecule has 1 aromatic carbocycles. The lowest BCUT2D eigenvalue weighted by Crippen LogP contribution is -2.41. The van der Waals surface area contributed by atoms with Gasteiger partial charge < -0.3 is 15.5 Å². The minimum Gasteiger partial charge on any atom is -0.395 e. The summed E-state index contributed by atoms with van der Waals surface area (Å²) in [5.41, 5.74) is 0.554. The van der Waals surface area contributed by atoms with E-state index < -0.39 is 17.1 Å². The van der Waals surface area contributed by atoms with Crippen LogP contribution in [0.1, 0.15) is 24.5 Å². The number of allylic oxidation sites excluding steroid dienone is 2. The summed E-state index contributed by atoms with van der Waals surface area (Å²) < 4.78 is 0. The first-order valence-corrected chi connectivity index (χ1v) is 8.03. The fourth-order valence-electron chi connectivity index (χ4n) is 3.73. The zero-order valence-electron chi connectivity index (χ0n) is 12.8. The largest absolute Gasteiger partial charge is 0.395 e. The molecule has 124 valence electrons. The molecule has 2 aliphatic rings. The number of nitrogens with zero attached hydrogens (tertiary/aromatic N) is 1. The first-order valence-electron chi connectivity index (χ1n) is 8.03. The maximum Gasteiger partial charge on any atom is 0.269 e.